The predicted molar refractivity (Wildman–Crippen MR) is 86.3 cm³/mol. The second kappa shape index (κ2) is 8.13. The van der Waals surface area contributed by atoms with Crippen molar-refractivity contribution in [3.05, 3.63) is 23.8 Å². The molecule has 1 fully saturated rings. The molecule has 23 heavy (non-hydrogen) atoms. The van der Waals surface area contributed by atoms with Crippen LogP contribution in [0.25, 0.3) is 0 Å². The fraction of sp³-hybridized carbons (Fsp3) is 0.588. The Hall–Kier alpha value is -1.85. The minimum Gasteiger partial charge on any atom is -0.487 e. The van der Waals surface area contributed by atoms with Crippen LogP contribution in [-0.4, -0.2) is 25.1 Å². The Kier molecular flexibility index (Phi) is 6.19. The maximum absolute atomic E-state index is 12.2. The number of hydrogen-bond acceptors (Lipinski definition) is 2. The van der Waals surface area contributed by atoms with Gasteiger partial charge in [-0.1, -0.05) is 13.0 Å². The van der Waals surface area contributed by atoms with Gasteiger partial charge in [0.05, 0.1) is 0 Å². The van der Waals surface area contributed by atoms with Gasteiger partial charge in [0.15, 0.2) is 0 Å². The van der Waals surface area contributed by atoms with Crippen LogP contribution in [0, 0.1) is 12.8 Å². The van der Waals surface area contributed by atoms with E-state index in [-0.39, 0.29) is 12.1 Å². The predicted octanol–water partition coefficient (Wildman–Crippen LogP) is 4.34. The molecule has 0 radical (unpaired) electrons. The lowest BCUT2D eigenvalue weighted by molar-refractivity contribution is 0.0816. The molecule has 0 bridgehead atoms. The zero-order chi connectivity index (χ0) is 16.8. The Morgan fingerprint density at radius 1 is 1.30 bits per heavy atom. The van der Waals surface area contributed by atoms with E-state index in [1.54, 1.807) is 25.1 Å². The highest BCUT2D eigenvalue weighted by atomic mass is 19.3. The fourth-order valence-electron chi connectivity index (χ4n) is 2.74. The summed E-state index contributed by atoms with van der Waals surface area (Å²) in [5.74, 6) is 1.08. The van der Waals surface area contributed by atoms with Crippen LogP contribution < -0.4 is 15.4 Å². The van der Waals surface area contributed by atoms with Crippen molar-refractivity contribution in [3.63, 3.8) is 0 Å². The average Bonchev–Trinajstić information content (AvgIpc) is 2.50. The molecule has 0 aliphatic heterocycles. The van der Waals surface area contributed by atoms with E-state index in [0.717, 1.165) is 37.2 Å². The maximum Gasteiger partial charge on any atom is 0.319 e. The van der Waals surface area contributed by atoms with Crippen molar-refractivity contribution in [1.82, 2.24) is 5.32 Å². The zero-order valence-electron chi connectivity index (χ0n) is 13.6. The third-order valence-corrected chi connectivity index (χ3v) is 4.16. The molecule has 6 heteroatoms. The zero-order valence-corrected chi connectivity index (χ0v) is 13.6. The van der Waals surface area contributed by atoms with E-state index in [4.69, 9.17) is 4.74 Å². The van der Waals surface area contributed by atoms with E-state index in [1.807, 2.05) is 0 Å². The van der Waals surface area contributed by atoms with Crippen LogP contribution in [0.5, 0.6) is 5.75 Å². The van der Waals surface area contributed by atoms with Gasteiger partial charge in [-0.05, 0) is 50.2 Å². The summed E-state index contributed by atoms with van der Waals surface area (Å²) in [4.78, 5) is 12.0. The standard InChI is InChI=1S/C17H24F2N2O2/c1-11-3-6-13(7-4-11)20-17(22)21-14-8-5-12(2)15(9-14)23-10-16(18)19/h5,8-9,11,13,16H,3-4,6-7,10H2,1-2H3,(H2,20,21,22). The molecule has 2 N–H and O–H groups in total. The summed E-state index contributed by atoms with van der Waals surface area (Å²) in [6.45, 7) is 3.34. The molecule has 1 aliphatic carbocycles. The minimum absolute atomic E-state index is 0.200. The van der Waals surface area contributed by atoms with Crippen LogP contribution in [0.1, 0.15) is 38.2 Å². The number of benzene rings is 1. The summed E-state index contributed by atoms with van der Waals surface area (Å²) >= 11 is 0. The number of alkyl halides is 2. The Morgan fingerprint density at radius 2 is 2.00 bits per heavy atom. The first kappa shape index (κ1) is 17.5. The Bertz CT molecular complexity index is 529. The van der Waals surface area contributed by atoms with Gasteiger partial charge in [0.1, 0.15) is 12.4 Å². The lowest BCUT2D eigenvalue weighted by Crippen LogP contribution is -2.39. The molecule has 0 aromatic heterocycles. The quantitative estimate of drug-likeness (QED) is 0.845. The van der Waals surface area contributed by atoms with Crippen molar-refractivity contribution >= 4 is 11.7 Å². The first-order valence-electron chi connectivity index (χ1n) is 8.03. The van der Waals surface area contributed by atoms with Crippen molar-refractivity contribution in [2.24, 2.45) is 5.92 Å². The van der Waals surface area contributed by atoms with E-state index < -0.39 is 13.0 Å². The summed E-state index contributed by atoms with van der Waals surface area (Å²) in [6.07, 6.45) is 1.71. The number of carbonyl (C=O) groups is 1. The molecular formula is C17H24F2N2O2. The van der Waals surface area contributed by atoms with Crippen LogP contribution in [0.3, 0.4) is 0 Å². The summed E-state index contributed by atoms with van der Waals surface area (Å²) in [5.41, 5.74) is 1.28. The highest BCUT2D eigenvalue weighted by Crippen LogP contribution is 2.25. The number of aryl methyl sites for hydroxylation is 1. The highest BCUT2D eigenvalue weighted by Gasteiger charge is 2.19. The maximum atomic E-state index is 12.2. The van der Waals surface area contributed by atoms with E-state index in [2.05, 4.69) is 17.6 Å². The number of halogens is 2. The van der Waals surface area contributed by atoms with E-state index in [1.165, 1.54) is 0 Å². The minimum atomic E-state index is -2.52. The van der Waals surface area contributed by atoms with E-state index in [0.29, 0.717) is 11.4 Å². The van der Waals surface area contributed by atoms with Crippen LogP contribution in [0.4, 0.5) is 19.3 Å². The SMILES string of the molecule is Cc1ccc(NC(=O)NC2CCC(C)CC2)cc1OCC(F)F. The smallest absolute Gasteiger partial charge is 0.319 e. The van der Waals surface area contributed by atoms with Crippen LogP contribution in [0.15, 0.2) is 18.2 Å². The number of carbonyl (C=O) groups excluding carboxylic acids is 1. The Balaban J connectivity index is 1.88. The molecule has 2 rings (SSSR count). The largest absolute Gasteiger partial charge is 0.487 e. The molecule has 2 amide bonds. The summed E-state index contributed by atoms with van der Waals surface area (Å²) < 4.78 is 29.6. The molecule has 1 saturated carbocycles. The molecule has 0 saturated heterocycles. The molecule has 1 aliphatic rings. The van der Waals surface area contributed by atoms with Crippen molar-refractivity contribution in [2.45, 2.75) is 52.0 Å². The number of hydrogen-bond donors (Lipinski definition) is 2. The molecule has 1 aromatic rings. The van der Waals surface area contributed by atoms with Gasteiger partial charge >= 0.3 is 6.03 Å². The van der Waals surface area contributed by atoms with E-state index >= 15 is 0 Å². The monoisotopic (exact) mass is 326 g/mol. The highest BCUT2D eigenvalue weighted by molar-refractivity contribution is 5.89. The first-order valence-corrected chi connectivity index (χ1v) is 8.03. The van der Waals surface area contributed by atoms with Gasteiger partial charge in [0.2, 0.25) is 0 Å². The molecule has 0 unspecified atom stereocenters. The van der Waals surface area contributed by atoms with Crippen LogP contribution >= 0.6 is 0 Å². The number of ether oxygens (including phenoxy) is 1. The van der Waals surface area contributed by atoms with Crippen LogP contribution in [-0.2, 0) is 0 Å². The third kappa shape index (κ3) is 5.69. The molecule has 1 aromatic carbocycles. The molecule has 128 valence electrons. The molecular weight excluding hydrogens is 302 g/mol. The average molecular weight is 326 g/mol. The number of amides is 2. The second-order valence-electron chi connectivity index (χ2n) is 6.24. The topological polar surface area (TPSA) is 50.4 Å². The summed E-state index contributed by atoms with van der Waals surface area (Å²) in [6, 6.07) is 4.96. The number of rotatable bonds is 5. The van der Waals surface area contributed by atoms with Crippen molar-refractivity contribution in [1.29, 1.82) is 0 Å². The van der Waals surface area contributed by atoms with Gasteiger partial charge < -0.3 is 15.4 Å². The fourth-order valence-corrected chi connectivity index (χ4v) is 2.74. The van der Waals surface area contributed by atoms with E-state index in [9.17, 15) is 13.6 Å². The molecule has 0 heterocycles. The van der Waals surface area contributed by atoms with Gasteiger partial charge in [0.25, 0.3) is 6.43 Å². The number of nitrogens with one attached hydrogen (secondary N) is 2. The van der Waals surface area contributed by atoms with Crippen molar-refractivity contribution in [2.75, 3.05) is 11.9 Å². The molecule has 0 atom stereocenters. The third-order valence-electron chi connectivity index (χ3n) is 4.16. The van der Waals surface area contributed by atoms with Gasteiger partial charge in [0, 0.05) is 17.8 Å². The number of anilines is 1. The number of urea groups is 1. The Labute approximate surface area is 135 Å². The first-order chi connectivity index (χ1) is 10.9. The van der Waals surface area contributed by atoms with Gasteiger partial charge in [-0.15, -0.1) is 0 Å². The molecule has 4 nitrogen and oxygen atoms in total. The molecule has 0 spiro atoms. The van der Waals surface area contributed by atoms with Gasteiger partial charge in [-0.3, -0.25) is 0 Å². The van der Waals surface area contributed by atoms with Crippen LogP contribution in [0.2, 0.25) is 0 Å². The summed E-state index contributed by atoms with van der Waals surface area (Å²) in [5, 5.41) is 5.70. The van der Waals surface area contributed by atoms with Crippen molar-refractivity contribution in [3.8, 4) is 5.75 Å². The van der Waals surface area contributed by atoms with Gasteiger partial charge in [-0.25, -0.2) is 13.6 Å². The van der Waals surface area contributed by atoms with Gasteiger partial charge in [-0.2, -0.15) is 0 Å². The van der Waals surface area contributed by atoms with Crippen molar-refractivity contribution < 1.29 is 18.3 Å². The second-order valence-corrected chi connectivity index (χ2v) is 6.24. The lowest BCUT2D eigenvalue weighted by atomic mass is 9.87. The Morgan fingerprint density at radius 3 is 2.65 bits per heavy atom. The summed E-state index contributed by atoms with van der Waals surface area (Å²) in [7, 11) is 0. The normalized spacial score (nSPS) is 21.1. The lowest BCUT2D eigenvalue weighted by Gasteiger charge is -2.27.